The van der Waals surface area contributed by atoms with Gasteiger partial charge in [-0.15, -0.1) is 0 Å². The smallest absolute Gasteiger partial charge is 0.242 e. The second-order valence-electron chi connectivity index (χ2n) is 7.68. The maximum Gasteiger partial charge on any atom is 0.242 e. The number of carbonyl (C=O) groups excluding carboxylic acids is 1. The minimum atomic E-state index is 0.0210. The van der Waals surface area contributed by atoms with E-state index in [4.69, 9.17) is 0 Å². The normalized spacial score (nSPS) is 20.9. The molecule has 0 spiro atoms. The van der Waals surface area contributed by atoms with E-state index in [9.17, 15) is 4.79 Å². The number of aliphatic imine (C=N–C) groups is 1. The van der Waals surface area contributed by atoms with E-state index < -0.39 is 0 Å². The van der Waals surface area contributed by atoms with E-state index in [1.165, 1.54) is 38.8 Å². The summed E-state index contributed by atoms with van der Waals surface area (Å²) in [6.07, 6.45) is 7.54. The molecule has 2 aliphatic rings. The largest absolute Gasteiger partial charge is 0.357 e. The maximum absolute atomic E-state index is 11.9. The van der Waals surface area contributed by atoms with E-state index in [1.807, 2.05) is 0 Å². The van der Waals surface area contributed by atoms with Crippen LogP contribution in [0.1, 0.15) is 59.3 Å². The molecule has 144 valence electrons. The Balaban J connectivity index is 1.85. The Morgan fingerprint density at radius 2 is 1.80 bits per heavy atom. The fourth-order valence-electron chi connectivity index (χ4n) is 3.41. The molecule has 0 aromatic heterocycles. The van der Waals surface area contributed by atoms with Gasteiger partial charge in [-0.05, 0) is 51.6 Å². The quantitative estimate of drug-likeness (QED) is 0.460. The molecule has 6 nitrogen and oxygen atoms in total. The molecule has 1 atom stereocenters. The molecule has 0 aromatic carbocycles. The summed E-state index contributed by atoms with van der Waals surface area (Å²) < 4.78 is 0. The highest BCUT2D eigenvalue weighted by Gasteiger charge is 2.24. The third-order valence-electron chi connectivity index (χ3n) is 5.03. The molecule has 1 aliphatic heterocycles. The number of carbonyl (C=O) groups is 1. The summed E-state index contributed by atoms with van der Waals surface area (Å²) in [5, 5.41) is 9.70. The fraction of sp³-hybridized carbons (Fsp3) is 0.895. The van der Waals surface area contributed by atoms with Crippen LogP contribution < -0.4 is 16.0 Å². The van der Waals surface area contributed by atoms with Crippen molar-refractivity contribution < 1.29 is 4.79 Å². The van der Waals surface area contributed by atoms with Crippen molar-refractivity contribution in [2.24, 2.45) is 10.9 Å². The Kier molecular flexibility index (Phi) is 8.52. The highest BCUT2D eigenvalue weighted by atomic mass is 16.2. The lowest BCUT2D eigenvalue weighted by atomic mass is 10.0. The van der Waals surface area contributed by atoms with Crippen molar-refractivity contribution in [2.45, 2.75) is 71.4 Å². The van der Waals surface area contributed by atoms with Gasteiger partial charge in [-0.25, -0.2) is 4.99 Å². The Hall–Kier alpha value is -1.30. The molecule has 2 fully saturated rings. The molecule has 1 amide bonds. The molecule has 2 rings (SSSR count). The predicted octanol–water partition coefficient (Wildman–Crippen LogP) is 1.72. The van der Waals surface area contributed by atoms with Crippen LogP contribution in [0.2, 0.25) is 0 Å². The summed E-state index contributed by atoms with van der Waals surface area (Å²) in [7, 11) is 0. The topological polar surface area (TPSA) is 68.8 Å². The highest BCUT2D eigenvalue weighted by molar-refractivity contribution is 5.85. The van der Waals surface area contributed by atoms with E-state index in [0.29, 0.717) is 18.0 Å². The minimum absolute atomic E-state index is 0.0210. The molecule has 1 saturated carbocycles. The van der Waals surface area contributed by atoms with E-state index in [-0.39, 0.29) is 12.5 Å². The van der Waals surface area contributed by atoms with Crippen LogP contribution in [0.3, 0.4) is 0 Å². The van der Waals surface area contributed by atoms with Crippen molar-refractivity contribution in [1.29, 1.82) is 0 Å². The van der Waals surface area contributed by atoms with Gasteiger partial charge in [-0.3, -0.25) is 9.69 Å². The van der Waals surface area contributed by atoms with Crippen molar-refractivity contribution in [3.8, 4) is 0 Å². The van der Waals surface area contributed by atoms with Gasteiger partial charge in [-0.2, -0.15) is 0 Å². The third kappa shape index (κ3) is 7.63. The molecule has 0 aromatic rings. The lowest BCUT2D eigenvalue weighted by Crippen LogP contribution is -2.50. The summed E-state index contributed by atoms with van der Waals surface area (Å²) in [5.41, 5.74) is 0. The summed E-state index contributed by atoms with van der Waals surface area (Å²) >= 11 is 0. The van der Waals surface area contributed by atoms with Crippen molar-refractivity contribution in [3.05, 3.63) is 0 Å². The number of nitrogens with zero attached hydrogens (tertiary/aromatic N) is 2. The number of hydrogen-bond donors (Lipinski definition) is 3. The maximum atomic E-state index is 11.9. The second-order valence-corrected chi connectivity index (χ2v) is 7.68. The van der Waals surface area contributed by atoms with Crippen LogP contribution in [0.5, 0.6) is 0 Å². The average Bonchev–Trinajstić information content (AvgIpc) is 3.40. The van der Waals surface area contributed by atoms with Crippen molar-refractivity contribution in [3.63, 3.8) is 0 Å². The van der Waals surface area contributed by atoms with Gasteiger partial charge in [0.15, 0.2) is 5.96 Å². The molecule has 25 heavy (non-hydrogen) atoms. The van der Waals surface area contributed by atoms with Gasteiger partial charge in [0.05, 0.1) is 0 Å². The molecule has 0 bridgehead atoms. The second kappa shape index (κ2) is 10.6. The van der Waals surface area contributed by atoms with E-state index in [2.05, 4.69) is 46.6 Å². The first-order valence-corrected chi connectivity index (χ1v) is 10.2. The number of guanidine groups is 1. The van der Waals surface area contributed by atoms with Crippen LogP contribution in [-0.4, -0.2) is 61.6 Å². The molecule has 0 radical (unpaired) electrons. The number of nitrogens with one attached hydrogen (secondary N) is 3. The standard InChI is InChI=1S/C19H37N5O/c1-4-20-19(22-14-18(25)23-16-9-10-16)21-13-17(15(2)3)24-11-7-5-6-8-12-24/h15-17H,4-14H2,1-3H3,(H,23,25)(H2,20,21,22). The molecular formula is C19H37N5O. The first-order chi connectivity index (χ1) is 12.1. The Labute approximate surface area is 153 Å². The van der Waals surface area contributed by atoms with Crippen LogP contribution in [0.4, 0.5) is 0 Å². The molecule has 1 unspecified atom stereocenters. The third-order valence-corrected chi connectivity index (χ3v) is 5.03. The summed E-state index contributed by atoms with van der Waals surface area (Å²) in [6, 6.07) is 0.897. The highest BCUT2D eigenvalue weighted by Crippen LogP contribution is 2.18. The van der Waals surface area contributed by atoms with Crippen molar-refractivity contribution in [2.75, 3.05) is 32.7 Å². The van der Waals surface area contributed by atoms with E-state index in [1.54, 1.807) is 0 Å². The van der Waals surface area contributed by atoms with Crippen LogP contribution in [0.25, 0.3) is 0 Å². The Morgan fingerprint density at radius 1 is 1.12 bits per heavy atom. The monoisotopic (exact) mass is 351 g/mol. The molecule has 1 saturated heterocycles. The van der Waals surface area contributed by atoms with Gasteiger partial charge < -0.3 is 16.0 Å². The van der Waals surface area contributed by atoms with E-state index in [0.717, 1.165) is 31.9 Å². The van der Waals surface area contributed by atoms with Crippen LogP contribution in [-0.2, 0) is 4.79 Å². The summed E-state index contributed by atoms with van der Waals surface area (Å²) in [5.74, 6) is 1.35. The summed E-state index contributed by atoms with van der Waals surface area (Å²) in [6.45, 7) is 10.9. The van der Waals surface area contributed by atoms with Crippen molar-refractivity contribution >= 4 is 11.9 Å². The lowest BCUT2D eigenvalue weighted by molar-refractivity contribution is -0.119. The van der Waals surface area contributed by atoms with Gasteiger partial charge >= 0.3 is 0 Å². The molecule has 6 heteroatoms. The number of rotatable bonds is 8. The van der Waals surface area contributed by atoms with Crippen molar-refractivity contribution in [1.82, 2.24) is 20.9 Å². The van der Waals surface area contributed by atoms with Gasteiger partial charge in [0, 0.05) is 25.2 Å². The fourth-order valence-corrected chi connectivity index (χ4v) is 3.41. The Morgan fingerprint density at radius 3 is 2.36 bits per heavy atom. The zero-order chi connectivity index (χ0) is 18.1. The SMILES string of the molecule is CCNC(=NCC(=O)NC1CC1)NCC(C(C)C)N1CCCCCC1. The summed E-state index contributed by atoms with van der Waals surface area (Å²) in [4.78, 5) is 18.9. The van der Waals surface area contributed by atoms with Gasteiger partial charge in [-0.1, -0.05) is 26.7 Å². The number of likely N-dealkylation sites (tertiary alicyclic amines) is 1. The molecule has 3 N–H and O–H groups in total. The molecular weight excluding hydrogens is 314 g/mol. The first-order valence-electron chi connectivity index (χ1n) is 10.2. The van der Waals surface area contributed by atoms with Gasteiger partial charge in [0.1, 0.15) is 6.54 Å². The van der Waals surface area contributed by atoms with E-state index >= 15 is 0 Å². The van der Waals surface area contributed by atoms with Crippen LogP contribution in [0.15, 0.2) is 4.99 Å². The number of hydrogen-bond acceptors (Lipinski definition) is 3. The van der Waals surface area contributed by atoms with Gasteiger partial charge in [0.2, 0.25) is 5.91 Å². The minimum Gasteiger partial charge on any atom is -0.357 e. The predicted molar refractivity (Wildman–Crippen MR) is 104 cm³/mol. The first kappa shape index (κ1) is 20.0. The number of amides is 1. The lowest BCUT2D eigenvalue weighted by Gasteiger charge is -2.34. The zero-order valence-corrected chi connectivity index (χ0v) is 16.3. The average molecular weight is 352 g/mol. The van der Waals surface area contributed by atoms with Gasteiger partial charge in [0.25, 0.3) is 0 Å². The zero-order valence-electron chi connectivity index (χ0n) is 16.3. The Bertz CT molecular complexity index is 426. The molecule has 1 heterocycles. The van der Waals surface area contributed by atoms with Crippen LogP contribution in [0, 0.1) is 5.92 Å². The molecule has 1 aliphatic carbocycles. The van der Waals surface area contributed by atoms with Crippen LogP contribution >= 0.6 is 0 Å².